The summed E-state index contributed by atoms with van der Waals surface area (Å²) in [5, 5.41) is 5.47. The Labute approximate surface area is 53.6 Å². The maximum atomic E-state index is 10.4. The van der Waals surface area contributed by atoms with E-state index in [4.69, 9.17) is 4.74 Å². The number of hydrogen-bond donors (Lipinski definition) is 2. The minimum Gasteiger partial charge on any atom is -0.443 e. The van der Waals surface area contributed by atoms with Crippen molar-refractivity contribution < 1.29 is 9.53 Å². The third-order valence-electron chi connectivity index (χ3n) is 1.18. The zero-order chi connectivity index (χ0) is 6.69. The van der Waals surface area contributed by atoms with Gasteiger partial charge in [-0.1, -0.05) is 0 Å². The van der Waals surface area contributed by atoms with E-state index in [2.05, 4.69) is 10.6 Å². The Morgan fingerprint density at radius 3 is 3.22 bits per heavy atom. The van der Waals surface area contributed by atoms with Crippen LogP contribution in [0.15, 0.2) is 0 Å². The summed E-state index contributed by atoms with van der Waals surface area (Å²) in [6.07, 6.45) is -0.294. The normalized spacial score (nSPS) is 25.4. The summed E-state index contributed by atoms with van der Waals surface area (Å²) in [4.78, 5) is 10.4. The van der Waals surface area contributed by atoms with E-state index in [1.165, 1.54) is 0 Å². The second kappa shape index (κ2) is 2.68. The van der Waals surface area contributed by atoms with Gasteiger partial charge in [0, 0.05) is 6.54 Å². The fraction of sp³-hybridized carbons (Fsp3) is 0.800. The molecule has 1 rings (SSSR count). The van der Waals surface area contributed by atoms with E-state index in [1.54, 1.807) is 0 Å². The van der Waals surface area contributed by atoms with E-state index >= 15 is 0 Å². The molecule has 0 spiro atoms. The number of carbonyl (C=O) groups excluding carboxylic acids is 1. The predicted molar refractivity (Wildman–Crippen MR) is 32.2 cm³/mol. The summed E-state index contributed by atoms with van der Waals surface area (Å²) in [5.74, 6) is 0. The molecular weight excluding hydrogens is 120 g/mol. The summed E-state index contributed by atoms with van der Waals surface area (Å²) in [6, 6.07) is 0. The summed E-state index contributed by atoms with van der Waals surface area (Å²) in [7, 11) is 1.83. The van der Waals surface area contributed by atoms with Gasteiger partial charge in [-0.25, -0.2) is 4.79 Å². The number of nitrogens with one attached hydrogen (secondary N) is 2. The standard InChI is InChI=1S/C5H10N2O2/c1-6-2-4-3-7-5(8)9-4/h4,6H,2-3H2,1H3,(H,7,8)/t4-/m1/s1. The number of cyclic esters (lactones) is 1. The second-order valence-electron chi connectivity index (χ2n) is 1.97. The van der Waals surface area contributed by atoms with Crippen LogP contribution in [0.3, 0.4) is 0 Å². The van der Waals surface area contributed by atoms with Crippen LogP contribution < -0.4 is 10.6 Å². The molecule has 1 saturated heterocycles. The van der Waals surface area contributed by atoms with Crippen molar-refractivity contribution in [1.29, 1.82) is 0 Å². The van der Waals surface area contributed by atoms with Gasteiger partial charge in [0.05, 0.1) is 6.54 Å². The minimum absolute atomic E-state index is 0.0162. The maximum absolute atomic E-state index is 10.4. The van der Waals surface area contributed by atoms with Crippen LogP contribution in [0.4, 0.5) is 4.79 Å². The zero-order valence-electron chi connectivity index (χ0n) is 5.31. The maximum Gasteiger partial charge on any atom is 0.407 e. The average Bonchev–Trinajstić information content (AvgIpc) is 2.17. The third kappa shape index (κ3) is 1.57. The molecule has 1 atom stereocenters. The van der Waals surface area contributed by atoms with E-state index in [0.717, 1.165) is 6.54 Å². The van der Waals surface area contributed by atoms with Gasteiger partial charge in [0.1, 0.15) is 6.10 Å². The fourth-order valence-electron chi connectivity index (χ4n) is 0.773. The van der Waals surface area contributed by atoms with Crippen molar-refractivity contribution in [3.8, 4) is 0 Å². The molecule has 0 aromatic carbocycles. The number of likely N-dealkylation sites (N-methyl/N-ethyl adjacent to an activating group) is 1. The molecular formula is C5H10N2O2. The van der Waals surface area contributed by atoms with Gasteiger partial charge in [0.15, 0.2) is 0 Å². The van der Waals surface area contributed by atoms with Crippen LogP contribution >= 0.6 is 0 Å². The minimum atomic E-state index is -0.310. The molecule has 52 valence electrons. The van der Waals surface area contributed by atoms with E-state index in [9.17, 15) is 4.79 Å². The molecule has 0 aromatic heterocycles. The van der Waals surface area contributed by atoms with E-state index in [0.29, 0.717) is 6.54 Å². The molecule has 1 aliphatic rings. The van der Waals surface area contributed by atoms with Crippen LogP contribution in [0.25, 0.3) is 0 Å². The van der Waals surface area contributed by atoms with Gasteiger partial charge in [0.2, 0.25) is 0 Å². The van der Waals surface area contributed by atoms with Crippen molar-refractivity contribution in [2.75, 3.05) is 20.1 Å². The number of alkyl carbamates (subject to hydrolysis) is 1. The second-order valence-corrected chi connectivity index (χ2v) is 1.97. The van der Waals surface area contributed by atoms with Crippen LogP contribution in [0.1, 0.15) is 0 Å². The lowest BCUT2D eigenvalue weighted by molar-refractivity contribution is 0.140. The van der Waals surface area contributed by atoms with Crippen LogP contribution in [0.2, 0.25) is 0 Å². The largest absolute Gasteiger partial charge is 0.443 e. The topological polar surface area (TPSA) is 50.4 Å². The Kier molecular flexibility index (Phi) is 1.89. The van der Waals surface area contributed by atoms with Gasteiger partial charge in [-0.05, 0) is 7.05 Å². The van der Waals surface area contributed by atoms with Gasteiger partial charge < -0.3 is 15.4 Å². The molecule has 1 heterocycles. The molecule has 0 bridgehead atoms. The Morgan fingerprint density at radius 1 is 2.00 bits per heavy atom. The highest BCUT2D eigenvalue weighted by molar-refractivity contribution is 5.69. The van der Waals surface area contributed by atoms with Crippen molar-refractivity contribution in [2.24, 2.45) is 0 Å². The molecule has 9 heavy (non-hydrogen) atoms. The van der Waals surface area contributed by atoms with Crippen molar-refractivity contribution in [2.45, 2.75) is 6.10 Å². The highest BCUT2D eigenvalue weighted by atomic mass is 16.6. The van der Waals surface area contributed by atoms with Gasteiger partial charge in [0.25, 0.3) is 0 Å². The van der Waals surface area contributed by atoms with E-state index in [-0.39, 0.29) is 12.2 Å². The van der Waals surface area contributed by atoms with E-state index < -0.39 is 0 Å². The fourth-order valence-corrected chi connectivity index (χ4v) is 0.773. The molecule has 0 aromatic rings. The number of rotatable bonds is 2. The first-order valence-electron chi connectivity index (χ1n) is 2.92. The Balaban J connectivity index is 2.22. The molecule has 4 heteroatoms. The first kappa shape index (κ1) is 6.35. The number of carbonyl (C=O) groups is 1. The van der Waals surface area contributed by atoms with Crippen molar-refractivity contribution in [3.63, 3.8) is 0 Å². The highest BCUT2D eigenvalue weighted by Gasteiger charge is 2.20. The van der Waals surface area contributed by atoms with Crippen molar-refractivity contribution in [3.05, 3.63) is 0 Å². The first-order chi connectivity index (χ1) is 4.33. The van der Waals surface area contributed by atoms with Gasteiger partial charge >= 0.3 is 6.09 Å². The molecule has 1 fully saturated rings. The molecule has 4 nitrogen and oxygen atoms in total. The summed E-state index contributed by atoms with van der Waals surface area (Å²) in [6.45, 7) is 1.35. The molecule has 0 saturated carbocycles. The summed E-state index contributed by atoms with van der Waals surface area (Å²) >= 11 is 0. The number of hydrogen-bond acceptors (Lipinski definition) is 3. The summed E-state index contributed by atoms with van der Waals surface area (Å²) in [5.41, 5.74) is 0. The molecule has 1 aliphatic heterocycles. The molecule has 2 N–H and O–H groups in total. The lowest BCUT2D eigenvalue weighted by Gasteiger charge is -2.03. The quantitative estimate of drug-likeness (QED) is 0.520. The van der Waals surface area contributed by atoms with Crippen LogP contribution in [-0.2, 0) is 4.74 Å². The summed E-state index contributed by atoms with van der Waals surface area (Å²) < 4.78 is 4.79. The van der Waals surface area contributed by atoms with Gasteiger partial charge in [-0.15, -0.1) is 0 Å². The highest BCUT2D eigenvalue weighted by Crippen LogP contribution is 1.96. The third-order valence-corrected chi connectivity index (χ3v) is 1.18. The van der Waals surface area contributed by atoms with Crippen LogP contribution in [0.5, 0.6) is 0 Å². The smallest absolute Gasteiger partial charge is 0.407 e. The Hall–Kier alpha value is -0.770. The first-order valence-corrected chi connectivity index (χ1v) is 2.92. The molecule has 0 aliphatic carbocycles. The number of ether oxygens (including phenoxy) is 1. The SMILES string of the molecule is CNC[C@@H]1CNC(=O)O1. The molecule has 0 unspecified atom stereocenters. The average molecular weight is 130 g/mol. The zero-order valence-corrected chi connectivity index (χ0v) is 5.31. The van der Waals surface area contributed by atoms with Crippen LogP contribution in [-0.4, -0.2) is 32.3 Å². The predicted octanol–water partition coefficient (Wildman–Crippen LogP) is -0.686. The van der Waals surface area contributed by atoms with Crippen molar-refractivity contribution >= 4 is 6.09 Å². The Morgan fingerprint density at radius 2 is 2.78 bits per heavy atom. The lowest BCUT2D eigenvalue weighted by Crippen LogP contribution is -2.26. The van der Waals surface area contributed by atoms with Crippen molar-refractivity contribution in [1.82, 2.24) is 10.6 Å². The monoisotopic (exact) mass is 130 g/mol. The molecule has 0 radical (unpaired) electrons. The van der Waals surface area contributed by atoms with E-state index in [1.807, 2.05) is 7.05 Å². The Bertz CT molecular complexity index is 116. The lowest BCUT2D eigenvalue weighted by atomic mass is 10.4. The van der Waals surface area contributed by atoms with Crippen LogP contribution in [0, 0.1) is 0 Å². The number of amides is 1. The van der Waals surface area contributed by atoms with Gasteiger partial charge in [-0.2, -0.15) is 0 Å². The van der Waals surface area contributed by atoms with Gasteiger partial charge in [-0.3, -0.25) is 0 Å². The molecule has 1 amide bonds.